The summed E-state index contributed by atoms with van der Waals surface area (Å²) in [5.74, 6) is 0.918. The predicted molar refractivity (Wildman–Crippen MR) is 74.9 cm³/mol. The number of anilines is 1. The fourth-order valence-corrected chi connectivity index (χ4v) is 2.77. The van der Waals surface area contributed by atoms with Crippen LogP contribution in [0.1, 0.15) is 36.0 Å². The van der Waals surface area contributed by atoms with Crippen LogP contribution in [0.3, 0.4) is 0 Å². The maximum absolute atomic E-state index is 12.1. The van der Waals surface area contributed by atoms with Gasteiger partial charge in [0.1, 0.15) is 5.75 Å². The molecule has 0 aromatic heterocycles. The van der Waals surface area contributed by atoms with Gasteiger partial charge in [0, 0.05) is 12.1 Å². The number of rotatable bonds is 3. The Hall–Kier alpha value is -2.04. The number of amides is 2. The van der Waals surface area contributed by atoms with E-state index in [1.165, 1.54) is 25.7 Å². The minimum Gasteiger partial charge on any atom is -0.482 e. The normalized spacial score (nSPS) is 18.1. The molecule has 2 aliphatic rings. The summed E-state index contributed by atoms with van der Waals surface area (Å²) >= 11 is 0. The van der Waals surface area contributed by atoms with Crippen molar-refractivity contribution in [3.63, 3.8) is 0 Å². The summed E-state index contributed by atoms with van der Waals surface area (Å²) in [5.41, 5.74) is 1.19. The lowest BCUT2D eigenvalue weighted by molar-refractivity contribution is -0.118. The van der Waals surface area contributed by atoms with Crippen LogP contribution >= 0.6 is 0 Å². The molecular weight excluding hydrogens is 256 g/mol. The minimum atomic E-state index is -0.170. The van der Waals surface area contributed by atoms with E-state index in [1.54, 1.807) is 18.2 Å². The van der Waals surface area contributed by atoms with Crippen LogP contribution in [0.4, 0.5) is 5.69 Å². The molecule has 1 fully saturated rings. The Bertz CT molecular complexity index is 536. The van der Waals surface area contributed by atoms with Gasteiger partial charge in [0.15, 0.2) is 6.61 Å². The Morgan fingerprint density at radius 2 is 2.15 bits per heavy atom. The Kier molecular flexibility index (Phi) is 3.58. The molecule has 1 aromatic rings. The van der Waals surface area contributed by atoms with Crippen molar-refractivity contribution >= 4 is 17.5 Å². The van der Waals surface area contributed by atoms with Crippen molar-refractivity contribution in [2.45, 2.75) is 25.7 Å². The molecule has 106 valence electrons. The molecule has 2 amide bonds. The largest absolute Gasteiger partial charge is 0.482 e. The van der Waals surface area contributed by atoms with Crippen LogP contribution in [-0.4, -0.2) is 25.0 Å². The quantitative estimate of drug-likeness (QED) is 0.885. The summed E-state index contributed by atoms with van der Waals surface area (Å²) in [4.78, 5) is 23.3. The molecule has 1 heterocycles. The molecular formula is C15H18N2O3. The third kappa shape index (κ3) is 2.76. The second-order valence-electron chi connectivity index (χ2n) is 5.41. The number of carbonyl (C=O) groups is 2. The molecule has 3 rings (SSSR count). The van der Waals surface area contributed by atoms with Gasteiger partial charge in [-0.1, -0.05) is 12.8 Å². The zero-order chi connectivity index (χ0) is 13.9. The van der Waals surface area contributed by atoms with E-state index in [0.29, 0.717) is 22.9 Å². The van der Waals surface area contributed by atoms with Gasteiger partial charge >= 0.3 is 0 Å². The summed E-state index contributed by atoms with van der Waals surface area (Å²) in [6.45, 7) is 0.744. The molecule has 1 aliphatic carbocycles. The number of fused-ring (bicyclic) bond motifs is 1. The van der Waals surface area contributed by atoms with Crippen molar-refractivity contribution in [3.05, 3.63) is 23.8 Å². The van der Waals surface area contributed by atoms with Gasteiger partial charge in [0.05, 0.1) is 5.69 Å². The van der Waals surface area contributed by atoms with Crippen LogP contribution < -0.4 is 15.4 Å². The summed E-state index contributed by atoms with van der Waals surface area (Å²) in [6.07, 6.45) is 4.96. The molecule has 0 bridgehead atoms. The second-order valence-corrected chi connectivity index (χ2v) is 5.41. The molecule has 20 heavy (non-hydrogen) atoms. The Balaban J connectivity index is 1.64. The molecule has 1 aromatic carbocycles. The summed E-state index contributed by atoms with van der Waals surface area (Å²) in [6, 6.07) is 5.09. The molecule has 0 atom stereocenters. The first kappa shape index (κ1) is 13.0. The van der Waals surface area contributed by atoms with Gasteiger partial charge in [0.25, 0.3) is 11.8 Å². The first-order chi connectivity index (χ1) is 9.72. The van der Waals surface area contributed by atoms with Crippen LogP contribution in [0.5, 0.6) is 5.75 Å². The number of benzene rings is 1. The molecule has 0 unspecified atom stereocenters. The van der Waals surface area contributed by atoms with E-state index >= 15 is 0 Å². The summed E-state index contributed by atoms with van der Waals surface area (Å²) < 4.78 is 5.31. The topological polar surface area (TPSA) is 67.4 Å². The Morgan fingerprint density at radius 3 is 2.95 bits per heavy atom. The van der Waals surface area contributed by atoms with Crippen molar-refractivity contribution in [2.75, 3.05) is 18.5 Å². The van der Waals surface area contributed by atoms with E-state index in [2.05, 4.69) is 10.6 Å². The SMILES string of the molecule is O=C1COc2cc(C(=O)NCC3CCCC3)ccc2N1. The van der Waals surface area contributed by atoms with Crippen LogP contribution in [-0.2, 0) is 4.79 Å². The number of nitrogens with one attached hydrogen (secondary N) is 2. The lowest BCUT2D eigenvalue weighted by Crippen LogP contribution is -2.29. The van der Waals surface area contributed by atoms with Gasteiger partial charge in [-0.25, -0.2) is 0 Å². The molecule has 1 aliphatic heterocycles. The van der Waals surface area contributed by atoms with Crippen molar-refractivity contribution in [1.82, 2.24) is 5.32 Å². The average molecular weight is 274 g/mol. The van der Waals surface area contributed by atoms with Crippen LogP contribution in [0.15, 0.2) is 18.2 Å². The number of hydrogen-bond acceptors (Lipinski definition) is 3. The van der Waals surface area contributed by atoms with Crippen molar-refractivity contribution in [3.8, 4) is 5.75 Å². The molecule has 2 N–H and O–H groups in total. The lowest BCUT2D eigenvalue weighted by Gasteiger charge is -2.18. The highest BCUT2D eigenvalue weighted by Gasteiger charge is 2.19. The van der Waals surface area contributed by atoms with Gasteiger partial charge in [-0.15, -0.1) is 0 Å². The molecule has 0 saturated heterocycles. The standard InChI is InChI=1S/C15H18N2O3/c18-14-9-20-13-7-11(5-6-12(13)17-14)15(19)16-8-10-3-1-2-4-10/h5-7,10H,1-4,8-9H2,(H,16,19)(H,17,18). The zero-order valence-electron chi connectivity index (χ0n) is 11.3. The predicted octanol–water partition coefficient (Wildman–Crippen LogP) is 1.94. The van der Waals surface area contributed by atoms with Gasteiger partial charge in [0.2, 0.25) is 0 Å². The van der Waals surface area contributed by atoms with Crippen molar-refractivity contribution < 1.29 is 14.3 Å². The second kappa shape index (κ2) is 5.53. The van der Waals surface area contributed by atoms with E-state index in [0.717, 1.165) is 6.54 Å². The van der Waals surface area contributed by atoms with E-state index in [1.807, 2.05) is 0 Å². The van der Waals surface area contributed by atoms with Crippen molar-refractivity contribution in [2.24, 2.45) is 5.92 Å². The summed E-state index contributed by atoms with van der Waals surface area (Å²) in [7, 11) is 0. The molecule has 5 heteroatoms. The van der Waals surface area contributed by atoms with Crippen LogP contribution in [0.25, 0.3) is 0 Å². The van der Waals surface area contributed by atoms with Crippen LogP contribution in [0.2, 0.25) is 0 Å². The number of hydrogen-bond donors (Lipinski definition) is 2. The third-order valence-electron chi connectivity index (χ3n) is 3.90. The first-order valence-corrected chi connectivity index (χ1v) is 7.07. The van der Waals surface area contributed by atoms with Gasteiger partial charge in [-0.3, -0.25) is 9.59 Å². The van der Waals surface area contributed by atoms with E-state index in [9.17, 15) is 9.59 Å². The first-order valence-electron chi connectivity index (χ1n) is 7.07. The minimum absolute atomic E-state index is 0.000145. The molecule has 0 spiro atoms. The van der Waals surface area contributed by atoms with E-state index in [-0.39, 0.29) is 18.4 Å². The lowest BCUT2D eigenvalue weighted by atomic mass is 10.1. The fourth-order valence-electron chi connectivity index (χ4n) is 2.77. The maximum atomic E-state index is 12.1. The smallest absolute Gasteiger partial charge is 0.262 e. The molecule has 1 saturated carbocycles. The maximum Gasteiger partial charge on any atom is 0.262 e. The average Bonchev–Trinajstić information content (AvgIpc) is 2.97. The van der Waals surface area contributed by atoms with Gasteiger partial charge in [-0.2, -0.15) is 0 Å². The van der Waals surface area contributed by atoms with Gasteiger partial charge in [-0.05, 0) is 37.0 Å². The van der Waals surface area contributed by atoms with E-state index in [4.69, 9.17) is 4.74 Å². The number of carbonyl (C=O) groups excluding carboxylic acids is 2. The monoisotopic (exact) mass is 274 g/mol. The molecule has 5 nitrogen and oxygen atoms in total. The van der Waals surface area contributed by atoms with Crippen LogP contribution in [0, 0.1) is 5.92 Å². The Morgan fingerprint density at radius 1 is 1.35 bits per heavy atom. The molecule has 0 radical (unpaired) electrons. The number of ether oxygens (including phenoxy) is 1. The Labute approximate surface area is 117 Å². The van der Waals surface area contributed by atoms with Gasteiger partial charge < -0.3 is 15.4 Å². The highest BCUT2D eigenvalue weighted by molar-refractivity contribution is 5.98. The third-order valence-corrected chi connectivity index (χ3v) is 3.90. The highest BCUT2D eigenvalue weighted by Crippen LogP contribution is 2.28. The zero-order valence-corrected chi connectivity index (χ0v) is 11.3. The summed E-state index contributed by atoms with van der Waals surface area (Å²) in [5, 5.41) is 5.68. The highest BCUT2D eigenvalue weighted by atomic mass is 16.5. The fraction of sp³-hybridized carbons (Fsp3) is 0.467. The van der Waals surface area contributed by atoms with Crippen molar-refractivity contribution in [1.29, 1.82) is 0 Å². The van der Waals surface area contributed by atoms with E-state index < -0.39 is 0 Å².